The number of carbonyl (C=O) groups is 4. The van der Waals surface area contributed by atoms with Crippen molar-refractivity contribution >= 4 is 23.7 Å². The Kier molecular flexibility index (Phi) is 5.06. The van der Waals surface area contributed by atoms with Gasteiger partial charge < -0.3 is 18.6 Å². The molecule has 2 heterocycles. The summed E-state index contributed by atoms with van der Waals surface area (Å²) in [6.45, 7) is 5.06. The Morgan fingerprint density at radius 3 is 2.58 bits per heavy atom. The number of esters is 3. The van der Waals surface area contributed by atoms with Crippen molar-refractivity contribution in [2.45, 2.75) is 52.2 Å². The van der Waals surface area contributed by atoms with Gasteiger partial charge in [-0.1, -0.05) is 13.8 Å². The average Bonchev–Trinajstić information content (AvgIpc) is 3.23. The van der Waals surface area contributed by atoms with Crippen LogP contribution in [0.1, 0.15) is 51.7 Å². The van der Waals surface area contributed by atoms with E-state index in [1.54, 1.807) is 6.07 Å². The summed E-state index contributed by atoms with van der Waals surface area (Å²) < 4.78 is 21.4. The largest absolute Gasteiger partial charge is 0.472 e. The van der Waals surface area contributed by atoms with Crippen LogP contribution in [0, 0.1) is 22.7 Å². The van der Waals surface area contributed by atoms with Gasteiger partial charge in [-0.25, -0.2) is 4.79 Å². The standard InChI is InChI=1S/C23H26O8/c1-12(24)30-18-16(25)9-15(20(26)28-4)22(2)7-5-14-21(27)31-17(13-6-8-29-11-13)10-23(14,3)19(18)22/h6,8-9,11,14,17-19H,5,7,10H2,1-4H3/t14-,17-,18-,19-,22-,23-/m0/s1. The molecule has 8 heteroatoms. The third kappa shape index (κ3) is 3.20. The van der Waals surface area contributed by atoms with Gasteiger partial charge >= 0.3 is 17.9 Å². The summed E-state index contributed by atoms with van der Waals surface area (Å²) in [6.07, 6.45) is 3.96. The number of furan rings is 1. The molecule has 2 fully saturated rings. The Bertz CT molecular complexity index is 960. The molecule has 0 unspecified atom stereocenters. The molecule has 1 aliphatic heterocycles. The first-order valence-corrected chi connectivity index (χ1v) is 10.4. The van der Waals surface area contributed by atoms with Crippen LogP contribution in [0.25, 0.3) is 0 Å². The van der Waals surface area contributed by atoms with Crippen molar-refractivity contribution in [3.8, 4) is 0 Å². The minimum Gasteiger partial charge on any atom is -0.472 e. The molecule has 31 heavy (non-hydrogen) atoms. The fourth-order valence-corrected chi connectivity index (χ4v) is 6.08. The Hall–Kier alpha value is -2.90. The fraction of sp³-hybridized carbons (Fsp3) is 0.565. The van der Waals surface area contributed by atoms with Crippen molar-refractivity contribution in [3.05, 3.63) is 35.8 Å². The van der Waals surface area contributed by atoms with Gasteiger partial charge in [-0.05, 0) is 36.8 Å². The van der Waals surface area contributed by atoms with E-state index < -0.39 is 52.6 Å². The molecule has 6 atom stereocenters. The lowest BCUT2D eigenvalue weighted by Crippen LogP contribution is -2.62. The Morgan fingerprint density at radius 1 is 1.23 bits per heavy atom. The smallest absolute Gasteiger partial charge is 0.334 e. The van der Waals surface area contributed by atoms with Gasteiger partial charge in [0.2, 0.25) is 0 Å². The monoisotopic (exact) mass is 430 g/mol. The summed E-state index contributed by atoms with van der Waals surface area (Å²) in [5, 5.41) is 0. The van der Waals surface area contributed by atoms with Gasteiger partial charge in [-0.3, -0.25) is 14.4 Å². The number of cyclic esters (lactones) is 1. The summed E-state index contributed by atoms with van der Waals surface area (Å²) in [7, 11) is 1.27. The molecule has 166 valence electrons. The number of hydrogen-bond donors (Lipinski definition) is 0. The molecule has 1 saturated heterocycles. The maximum atomic E-state index is 13.1. The molecule has 3 aliphatic rings. The second kappa shape index (κ2) is 7.35. The highest BCUT2D eigenvalue weighted by Crippen LogP contribution is 2.64. The van der Waals surface area contributed by atoms with Gasteiger partial charge in [-0.15, -0.1) is 0 Å². The van der Waals surface area contributed by atoms with E-state index in [1.165, 1.54) is 32.6 Å². The van der Waals surface area contributed by atoms with Gasteiger partial charge in [0.15, 0.2) is 11.9 Å². The minimum absolute atomic E-state index is 0.256. The molecule has 1 saturated carbocycles. The molecule has 0 spiro atoms. The molecule has 8 nitrogen and oxygen atoms in total. The number of carbonyl (C=O) groups excluding carboxylic acids is 4. The second-order valence-electron chi connectivity index (χ2n) is 9.16. The van der Waals surface area contributed by atoms with Gasteiger partial charge in [0.25, 0.3) is 0 Å². The van der Waals surface area contributed by atoms with E-state index in [2.05, 4.69) is 0 Å². The van der Waals surface area contributed by atoms with E-state index in [9.17, 15) is 19.2 Å². The van der Waals surface area contributed by atoms with Gasteiger partial charge in [-0.2, -0.15) is 0 Å². The molecular formula is C23H26O8. The zero-order chi connectivity index (χ0) is 22.6. The first-order chi connectivity index (χ1) is 14.6. The van der Waals surface area contributed by atoms with Crippen LogP contribution >= 0.6 is 0 Å². The highest BCUT2D eigenvalue weighted by atomic mass is 16.6. The van der Waals surface area contributed by atoms with Crippen molar-refractivity contribution in [1.82, 2.24) is 0 Å². The molecule has 1 aromatic rings. The van der Waals surface area contributed by atoms with Crippen LogP contribution in [0.15, 0.2) is 34.7 Å². The molecule has 0 amide bonds. The summed E-state index contributed by atoms with van der Waals surface area (Å²) in [4.78, 5) is 50.6. The van der Waals surface area contributed by atoms with Crippen LogP contribution in [0.5, 0.6) is 0 Å². The van der Waals surface area contributed by atoms with E-state index >= 15 is 0 Å². The minimum atomic E-state index is -1.10. The lowest BCUT2D eigenvalue weighted by Gasteiger charge is -2.60. The van der Waals surface area contributed by atoms with E-state index in [-0.39, 0.29) is 11.5 Å². The fourth-order valence-electron chi connectivity index (χ4n) is 6.08. The molecular weight excluding hydrogens is 404 g/mol. The second-order valence-corrected chi connectivity index (χ2v) is 9.16. The van der Waals surface area contributed by atoms with Crippen LogP contribution in [-0.2, 0) is 33.4 Å². The molecule has 0 bridgehead atoms. The Morgan fingerprint density at radius 2 is 1.97 bits per heavy atom. The quantitative estimate of drug-likeness (QED) is 0.532. The van der Waals surface area contributed by atoms with Crippen LogP contribution in [-0.4, -0.2) is 36.9 Å². The summed E-state index contributed by atoms with van der Waals surface area (Å²) in [6, 6.07) is 1.74. The van der Waals surface area contributed by atoms with Gasteiger partial charge in [0, 0.05) is 29.4 Å². The zero-order valence-corrected chi connectivity index (χ0v) is 18.0. The maximum absolute atomic E-state index is 13.1. The molecule has 0 aromatic carbocycles. The Labute approximate surface area is 179 Å². The third-order valence-electron chi connectivity index (χ3n) is 7.41. The molecule has 2 aliphatic carbocycles. The molecule has 4 rings (SSSR count). The lowest BCUT2D eigenvalue weighted by atomic mass is 9.45. The highest BCUT2D eigenvalue weighted by Gasteiger charge is 2.66. The topological polar surface area (TPSA) is 109 Å². The highest BCUT2D eigenvalue weighted by molar-refractivity contribution is 6.05. The van der Waals surface area contributed by atoms with E-state index in [4.69, 9.17) is 18.6 Å². The number of fused-ring (bicyclic) bond motifs is 3. The van der Waals surface area contributed by atoms with Crippen LogP contribution in [0.4, 0.5) is 0 Å². The van der Waals surface area contributed by atoms with E-state index in [0.717, 1.165) is 5.56 Å². The number of rotatable bonds is 3. The van der Waals surface area contributed by atoms with Crippen LogP contribution in [0.2, 0.25) is 0 Å². The summed E-state index contributed by atoms with van der Waals surface area (Å²) in [5.74, 6) is -3.10. The third-order valence-corrected chi connectivity index (χ3v) is 7.41. The van der Waals surface area contributed by atoms with Crippen molar-refractivity contribution in [1.29, 1.82) is 0 Å². The molecule has 1 aromatic heterocycles. The summed E-state index contributed by atoms with van der Waals surface area (Å²) >= 11 is 0. The van der Waals surface area contributed by atoms with E-state index in [0.29, 0.717) is 19.3 Å². The number of methoxy groups -OCH3 is 1. The van der Waals surface area contributed by atoms with Gasteiger partial charge in [0.05, 0.1) is 25.6 Å². The summed E-state index contributed by atoms with van der Waals surface area (Å²) in [5.41, 5.74) is -0.611. The van der Waals surface area contributed by atoms with Crippen LogP contribution < -0.4 is 0 Å². The SMILES string of the molecule is COC(=O)C1=CC(=O)[C@H](OC(C)=O)[C@@H]2[C@@]3(C)C[C@@H](c4ccoc4)OC(=O)[C@@H]3CC[C@@]12C. The first-order valence-electron chi connectivity index (χ1n) is 10.4. The molecule has 0 N–H and O–H groups in total. The zero-order valence-electron chi connectivity index (χ0n) is 18.0. The Balaban J connectivity index is 1.86. The number of hydrogen-bond acceptors (Lipinski definition) is 8. The number of ketones is 1. The van der Waals surface area contributed by atoms with Crippen molar-refractivity contribution in [2.24, 2.45) is 22.7 Å². The van der Waals surface area contributed by atoms with Crippen molar-refractivity contribution in [3.63, 3.8) is 0 Å². The number of ether oxygens (including phenoxy) is 3. The van der Waals surface area contributed by atoms with Gasteiger partial charge in [0.1, 0.15) is 6.10 Å². The van der Waals surface area contributed by atoms with Crippen molar-refractivity contribution in [2.75, 3.05) is 7.11 Å². The van der Waals surface area contributed by atoms with E-state index in [1.807, 2.05) is 13.8 Å². The lowest BCUT2D eigenvalue weighted by molar-refractivity contribution is -0.205. The first kappa shape index (κ1) is 21.3. The maximum Gasteiger partial charge on any atom is 0.334 e. The average molecular weight is 430 g/mol. The van der Waals surface area contributed by atoms with Crippen LogP contribution in [0.3, 0.4) is 0 Å². The molecule has 0 radical (unpaired) electrons. The normalized spacial score (nSPS) is 37.1. The predicted molar refractivity (Wildman–Crippen MR) is 105 cm³/mol. The predicted octanol–water partition coefficient (Wildman–Crippen LogP) is 2.92. The van der Waals surface area contributed by atoms with Crippen molar-refractivity contribution < 1.29 is 37.8 Å².